The lowest BCUT2D eigenvalue weighted by Gasteiger charge is -2.26. The van der Waals surface area contributed by atoms with E-state index in [1.54, 1.807) is 18.9 Å². The molecule has 4 heteroatoms. The van der Waals surface area contributed by atoms with Crippen molar-refractivity contribution < 1.29 is 14.6 Å². The number of amides is 1. The fraction of sp³-hybridized carbons (Fsp3) is 0.909. The summed E-state index contributed by atoms with van der Waals surface area (Å²) in [7, 11) is 1.81. The topological polar surface area (TPSA) is 49.8 Å². The minimum Gasteiger partial charge on any atom is -0.393 e. The molecule has 0 aliphatic carbocycles. The molecular formula is C11H21NO3. The van der Waals surface area contributed by atoms with Crippen LogP contribution in [0.4, 0.5) is 0 Å². The van der Waals surface area contributed by atoms with Crippen molar-refractivity contribution in [3.63, 3.8) is 0 Å². The minimum absolute atomic E-state index is 0.123. The van der Waals surface area contributed by atoms with Gasteiger partial charge in [0, 0.05) is 32.7 Å². The quantitative estimate of drug-likeness (QED) is 0.749. The number of carbonyl (C=O) groups is 1. The molecule has 15 heavy (non-hydrogen) atoms. The van der Waals surface area contributed by atoms with Crippen molar-refractivity contribution in [2.45, 2.75) is 32.3 Å². The Morgan fingerprint density at radius 3 is 2.67 bits per heavy atom. The van der Waals surface area contributed by atoms with E-state index in [-0.39, 0.29) is 17.9 Å². The normalized spacial score (nSPS) is 19.9. The summed E-state index contributed by atoms with van der Waals surface area (Å²) >= 11 is 0. The predicted octanol–water partition coefficient (Wildman–Crippen LogP) is 0.642. The number of ether oxygens (including phenoxy) is 1. The van der Waals surface area contributed by atoms with Gasteiger partial charge in [-0.25, -0.2) is 0 Å². The molecule has 0 saturated carbocycles. The maximum Gasteiger partial charge on any atom is 0.225 e. The third kappa shape index (κ3) is 4.18. The molecule has 1 atom stereocenters. The van der Waals surface area contributed by atoms with Crippen molar-refractivity contribution in [3.8, 4) is 0 Å². The van der Waals surface area contributed by atoms with E-state index in [0.717, 1.165) is 12.8 Å². The fourth-order valence-corrected chi connectivity index (χ4v) is 1.75. The molecule has 1 fully saturated rings. The lowest BCUT2D eigenvalue weighted by Crippen LogP contribution is -2.37. The van der Waals surface area contributed by atoms with E-state index in [0.29, 0.717) is 26.2 Å². The van der Waals surface area contributed by atoms with Gasteiger partial charge in [0.1, 0.15) is 0 Å². The fourth-order valence-electron chi connectivity index (χ4n) is 1.75. The van der Waals surface area contributed by atoms with Gasteiger partial charge < -0.3 is 14.7 Å². The monoisotopic (exact) mass is 215 g/mol. The molecule has 4 nitrogen and oxygen atoms in total. The zero-order valence-electron chi connectivity index (χ0n) is 9.61. The number of nitrogens with zero attached hydrogens (tertiary/aromatic N) is 1. The molecule has 0 bridgehead atoms. The maximum absolute atomic E-state index is 11.9. The van der Waals surface area contributed by atoms with Crippen LogP contribution in [0.2, 0.25) is 0 Å². The van der Waals surface area contributed by atoms with Crippen LogP contribution >= 0.6 is 0 Å². The second-order valence-electron chi connectivity index (χ2n) is 4.28. The van der Waals surface area contributed by atoms with Crippen LogP contribution in [0.1, 0.15) is 26.2 Å². The Labute approximate surface area is 91.2 Å². The van der Waals surface area contributed by atoms with Gasteiger partial charge in [-0.3, -0.25) is 4.79 Å². The SMILES string of the molecule is CC(O)CCN(C)C(=O)C1CCOCC1. The Balaban J connectivity index is 2.30. The largest absolute Gasteiger partial charge is 0.393 e. The first-order chi connectivity index (χ1) is 7.11. The second-order valence-corrected chi connectivity index (χ2v) is 4.28. The summed E-state index contributed by atoms with van der Waals surface area (Å²) in [5, 5.41) is 9.14. The Bertz CT molecular complexity index is 200. The van der Waals surface area contributed by atoms with Crippen LogP contribution in [-0.2, 0) is 9.53 Å². The molecule has 0 aromatic rings. The summed E-state index contributed by atoms with van der Waals surface area (Å²) < 4.78 is 5.22. The van der Waals surface area contributed by atoms with Crippen LogP contribution in [-0.4, -0.2) is 48.8 Å². The first kappa shape index (κ1) is 12.5. The van der Waals surface area contributed by atoms with Crippen LogP contribution in [0, 0.1) is 5.92 Å². The van der Waals surface area contributed by atoms with Gasteiger partial charge in [0.2, 0.25) is 5.91 Å². The summed E-state index contributed by atoms with van der Waals surface area (Å²) in [5.74, 6) is 0.316. The van der Waals surface area contributed by atoms with Gasteiger partial charge in [0.15, 0.2) is 0 Å². The van der Waals surface area contributed by atoms with E-state index in [1.807, 2.05) is 0 Å². The summed E-state index contributed by atoms with van der Waals surface area (Å²) in [6, 6.07) is 0. The highest BCUT2D eigenvalue weighted by atomic mass is 16.5. The molecule has 1 saturated heterocycles. The van der Waals surface area contributed by atoms with Crippen molar-refractivity contribution in [1.82, 2.24) is 4.90 Å². The summed E-state index contributed by atoms with van der Waals surface area (Å²) in [5.41, 5.74) is 0. The Morgan fingerprint density at radius 2 is 2.13 bits per heavy atom. The summed E-state index contributed by atoms with van der Waals surface area (Å²) in [6.07, 6.45) is 1.97. The molecule has 1 aliphatic rings. The summed E-state index contributed by atoms with van der Waals surface area (Å²) in [4.78, 5) is 13.6. The standard InChI is InChI=1S/C11H21NO3/c1-9(13)3-6-12(2)11(14)10-4-7-15-8-5-10/h9-10,13H,3-8H2,1-2H3. The Hall–Kier alpha value is -0.610. The lowest BCUT2D eigenvalue weighted by molar-refractivity contribution is -0.137. The van der Waals surface area contributed by atoms with Crippen molar-refractivity contribution in [1.29, 1.82) is 0 Å². The van der Waals surface area contributed by atoms with E-state index in [4.69, 9.17) is 9.84 Å². The van der Waals surface area contributed by atoms with E-state index < -0.39 is 0 Å². The Kier molecular flexibility index (Phi) is 5.05. The molecule has 0 aromatic heterocycles. The molecular weight excluding hydrogens is 194 g/mol. The molecule has 0 aromatic carbocycles. The van der Waals surface area contributed by atoms with Crippen LogP contribution in [0.15, 0.2) is 0 Å². The molecule has 1 N–H and O–H groups in total. The van der Waals surface area contributed by atoms with Crippen LogP contribution in [0.5, 0.6) is 0 Å². The highest BCUT2D eigenvalue weighted by Gasteiger charge is 2.24. The summed E-state index contributed by atoms with van der Waals surface area (Å²) in [6.45, 7) is 3.77. The average Bonchev–Trinajstić information content (AvgIpc) is 2.26. The molecule has 1 unspecified atom stereocenters. The van der Waals surface area contributed by atoms with Crippen molar-refractivity contribution in [2.24, 2.45) is 5.92 Å². The van der Waals surface area contributed by atoms with Gasteiger partial charge in [-0.2, -0.15) is 0 Å². The van der Waals surface area contributed by atoms with Crippen molar-refractivity contribution in [2.75, 3.05) is 26.8 Å². The van der Waals surface area contributed by atoms with Gasteiger partial charge in [0.25, 0.3) is 0 Å². The minimum atomic E-state index is -0.338. The highest BCUT2D eigenvalue weighted by Crippen LogP contribution is 2.17. The third-order valence-corrected chi connectivity index (χ3v) is 2.83. The van der Waals surface area contributed by atoms with Crippen LogP contribution in [0.3, 0.4) is 0 Å². The zero-order chi connectivity index (χ0) is 11.3. The maximum atomic E-state index is 11.9. The highest BCUT2D eigenvalue weighted by molar-refractivity contribution is 5.78. The number of rotatable bonds is 4. The van der Waals surface area contributed by atoms with E-state index in [9.17, 15) is 4.79 Å². The predicted molar refractivity (Wildman–Crippen MR) is 57.5 cm³/mol. The van der Waals surface area contributed by atoms with Crippen LogP contribution in [0.25, 0.3) is 0 Å². The number of hydrogen-bond donors (Lipinski definition) is 1. The van der Waals surface area contributed by atoms with E-state index >= 15 is 0 Å². The van der Waals surface area contributed by atoms with Crippen molar-refractivity contribution in [3.05, 3.63) is 0 Å². The van der Waals surface area contributed by atoms with Crippen LogP contribution < -0.4 is 0 Å². The lowest BCUT2D eigenvalue weighted by atomic mass is 9.99. The number of carbonyl (C=O) groups excluding carboxylic acids is 1. The number of aliphatic hydroxyl groups is 1. The van der Waals surface area contributed by atoms with Gasteiger partial charge in [-0.1, -0.05) is 0 Å². The zero-order valence-corrected chi connectivity index (χ0v) is 9.61. The smallest absolute Gasteiger partial charge is 0.225 e. The van der Waals surface area contributed by atoms with E-state index in [1.165, 1.54) is 0 Å². The molecule has 1 rings (SSSR count). The average molecular weight is 215 g/mol. The van der Waals surface area contributed by atoms with Gasteiger partial charge >= 0.3 is 0 Å². The number of hydrogen-bond acceptors (Lipinski definition) is 3. The molecule has 0 radical (unpaired) electrons. The van der Waals surface area contributed by atoms with Gasteiger partial charge in [-0.05, 0) is 26.2 Å². The Morgan fingerprint density at radius 1 is 1.53 bits per heavy atom. The number of aliphatic hydroxyl groups excluding tert-OH is 1. The molecule has 1 amide bonds. The van der Waals surface area contributed by atoms with Crippen molar-refractivity contribution >= 4 is 5.91 Å². The molecule has 1 heterocycles. The molecule has 88 valence electrons. The molecule has 1 aliphatic heterocycles. The first-order valence-corrected chi connectivity index (χ1v) is 5.62. The van der Waals surface area contributed by atoms with E-state index in [2.05, 4.69) is 0 Å². The van der Waals surface area contributed by atoms with Gasteiger partial charge in [-0.15, -0.1) is 0 Å². The third-order valence-electron chi connectivity index (χ3n) is 2.83. The second kappa shape index (κ2) is 6.08. The first-order valence-electron chi connectivity index (χ1n) is 5.62. The van der Waals surface area contributed by atoms with Gasteiger partial charge in [0.05, 0.1) is 6.10 Å². The molecule has 0 spiro atoms.